The third kappa shape index (κ3) is 1.44. The maximum absolute atomic E-state index is 3.41. The normalized spacial score (nSPS) is 14.9. The molecular formula is C11H12ClNS. The molecule has 2 heterocycles. The lowest BCUT2D eigenvalue weighted by Gasteiger charge is -2.11. The van der Waals surface area contributed by atoms with E-state index in [2.05, 4.69) is 29.6 Å². The van der Waals surface area contributed by atoms with Gasteiger partial charge in [-0.05, 0) is 30.0 Å². The summed E-state index contributed by atoms with van der Waals surface area (Å²) in [6, 6.07) is 8.73. The molecule has 1 aromatic heterocycles. The maximum Gasteiger partial charge on any atom is 0.0349 e. The number of thiophene rings is 1. The van der Waals surface area contributed by atoms with E-state index >= 15 is 0 Å². The van der Waals surface area contributed by atoms with Crippen LogP contribution in [0, 0.1) is 0 Å². The van der Waals surface area contributed by atoms with Crippen LogP contribution in [0.25, 0.3) is 10.1 Å². The molecule has 0 spiro atoms. The average molecular weight is 226 g/mol. The Bertz CT molecular complexity index is 449. The summed E-state index contributed by atoms with van der Waals surface area (Å²) in [5.74, 6) is 0. The molecule has 3 heteroatoms. The van der Waals surface area contributed by atoms with Gasteiger partial charge >= 0.3 is 0 Å². The number of nitrogens with one attached hydrogen (secondary N) is 1. The third-order valence-corrected chi connectivity index (χ3v) is 3.83. The van der Waals surface area contributed by atoms with E-state index in [0.717, 1.165) is 13.1 Å². The topological polar surface area (TPSA) is 12.0 Å². The zero-order valence-electron chi connectivity index (χ0n) is 7.75. The molecule has 0 amide bonds. The van der Waals surface area contributed by atoms with Crippen molar-refractivity contribution < 1.29 is 0 Å². The van der Waals surface area contributed by atoms with Gasteiger partial charge in [0.15, 0.2) is 0 Å². The standard InChI is InChI=1S/C11H11NS.ClH/c1-2-4-10-8(3-1)9-5-6-12-7-11(9)13-10;/h1-4,12H,5-7H2;1H. The van der Waals surface area contributed by atoms with Crippen LogP contribution >= 0.6 is 23.7 Å². The van der Waals surface area contributed by atoms with Crippen molar-refractivity contribution in [2.24, 2.45) is 0 Å². The van der Waals surface area contributed by atoms with Gasteiger partial charge in [-0.25, -0.2) is 0 Å². The molecule has 0 fully saturated rings. The van der Waals surface area contributed by atoms with Crippen molar-refractivity contribution in [2.75, 3.05) is 6.54 Å². The number of hydrogen-bond donors (Lipinski definition) is 1. The van der Waals surface area contributed by atoms with Crippen molar-refractivity contribution in [3.05, 3.63) is 34.7 Å². The molecule has 0 radical (unpaired) electrons. The van der Waals surface area contributed by atoms with Gasteiger partial charge in [0, 0.05) is 16.1 Å². The van der Waals surface area contributed by atoms with E-state index in [1.165, 1.54) is 21.4 Å². The highest BCUT2D eigenvalue weighted by Crippen LogP contribution is 2.32. The van der Waals surface area contributed by atoms with Crippen molar-refractivity contribution in [3.63, 3.8) is 0 Å². The molecule has 0 saturated carbocycles. The van der Waals surface area contributed by atoms with Gasteiger partial charge in [-0.2, -0.15) is 0 Å². The van der Waals surface area contributed by atoms with Crippen molar-refractivity contribution in [2.45, 2.75) is 13.0 Å². The molecule has 0 bridgehead atoms. The van der Waals surface area contributed by atoms with Crippen LogP contribution in [0.3, 0.4) is 0 Å². The molecule has 0 saturated heterocycles. The molecule has 0 unspecified atom stereocenters. The number of halogens is 1. The van der Waals surface area contributed by atoms with Crippen LogP contribution in [0.2, 0.25) is 0 Å². The average Bonchev–Trinajstić information content (AvgIpc) is 2.56. The van der Waals surface area contributed by atoms with Gasteiger partial charge in [0.05, 0.1) is 0 Å². The fraction of sp³-hybridized carbons (Fsp3) is 0.273. The molecule has 3 rings (SSSR count). The van der Waals surface area contributed by atoms with E-state index in [9.17, 15) is 0 Å². The summed E-state index contributed by atoms with van der Waals surface area (Å²) in [4.78, 5) is 1.53. The molecule has 74 valence electrons. The smallest absolute Gasteiger partial charge is 0.0349 e. The first-order valence-corrected chi connectivity index (χ1v) is 5.47. The SMILES string of the molecule is Cl.c1ccc2c3c(sc2c1)CNCC3. The van der Waals surface area contributed by atoms with E-state index in [0.29, 0.717) is 0 Å². The Morgan fingerprint density at radius 2 is 2.07 bits per heavy atom. The fourth-order valence-corrected chi connectivity index (χ4v) is 3.20. The summed E-state index contributed by atoms with van der Waals surface area (Å²) >= 11 is 1.94. The fourth-order valence-electron chi connectivity index (χ4n) is 1.98. The van der Waals surface area contributed by atoms with Crippen molar-refractivity contribution >= 4 is 33.8 Å². The summed E-state index contributed by atoms with van der Waals surface area (Å²) in [5, 5.41) is 4.89. The monoisotopic (exact) mass is 225 g/mol. The molecule has 1 aliphatic heterocycles. The van der Waals surface area contributed by atoms with Gasteiger partial charge in [-0.1, -0.05) is 18.2 Å². The summed E-state index contributed by atoms with van der Waals surface area (Å²) in [6.07, 6.45) is 1.19. The quantitative estimate of drug-likeness (QED) is 0.727. The molecule has 1 nitrogen and oxygen atoms in total. The first kappa shape index (κ1) is 9.97. The minimum absolute atomic E-state index is 0. The van der Waals surface area contributed by atoms with Crippen LogP contribution in [-0.2, 0) is 13.0 Å². The molecule has 1 aliphatic rings. The second-order valence-electron chi connectivity index (χ2n) is 3.43. The Kier molecular flexibility index (Phi) is 2.77. The Morgan fingerprint density at radius 3 is 3.00 bits per heavy atom. The Morgan fingerprint density at radius 1 is 1.21 bits per heavy atom. The zero-order valence-corrected chi connectivity index (χ0v) is 9.38. The molecule has 2 aromatic rings. The molecule has 0 atom stereocenters. The Hall–Kier alpha value is -0.570. The van der Waals surface area contributed by atoms with Gasteiger partial charge in [0.2, 0.25) is 0 Å². The van der Waals surface area contributed by atoms with Crippen LogP contribution in [0.1, 0.15) is 10.4 Å². The van der Waals surface area contributed by atoms with E-state index in [4.69, 9.17) is 0 Å². The van der Waals surface area contributed by atoms with Crippen LogP contribution in [0.4, 0.5) is 0 Å². The van der Waals surface area contributed by atoms with E-state index in [1.807, 2.05) is 11.3 Å². The minimum Gasteiger partial charge on any atom is -0.312 e. The lowest BCUT2D eigenvalue weighted by Crippen LogP contribution is -2.21. The van der Waals surface area contributed by atoms with Crippen molar-refractivity contribution in [1.29, 1.82) is 0 Å². The number of benzene rings is 1. The zero-order chi connectivity index (χ0) is 8.67. The number of hydrogen-bond acceptors (Lipinski definition) is 2. The van der Waals surface area contributed by atoms with Gasteiger partial charge in [0.25, 0.3) is 0 Å². The van der Waals surface area contributed by atoms with Crippen LogP contribution < -0.4 is 5.32 Å². The van der Waals surface area contributed by atoms with Crippen molar-refractivity contribution in [1.82, 2.24) is 5.32 Å². The summed E-state index contributed by atoms with van der Waals surface area (Å²) in [5.41, 5.74) is 1.58. The predicted octanol–water partition coefficient (Wildman–Crippen LogP) is 2.97. The third-order valence-electron chi connectivity index (χ3n) is 2.62. The molecule has 0 aliphatic carbocycles. The molecule has 1 aromatic carbocycles. The van der Waals surface area contributed by atoms with Gasteiger partial charge < -0.3 is 5.32 Å². The minimum atomic E-state index is 0. The lowest BCUT2D eigenvalue weighted by atomic mass is 10.1. The number of rotatable bonds is 0. The molecule has 1 N–H and O–H groups in total. The predicted molar refractivity (Wildman–Crippen MR) is 64.5 cm³/mol. The van der Waals surface area contributed by atoms with Crippen LogP contribution in [0.5, 0.6) is 0 Å². The second-order valence-corrected chi connectivity index (χ2v) is 4.56. The maximum atomic E-state index is 3.41. The van der Waals surface area contributed by atoms with E-state index in [1.54, 1.807) is 5.56 Å². The molecular weight excluding hydrogens is 214 g/mol. The number of fused-ring (bicyclic) bond motifs is 3. The lowest BCUT2D eigenvalue weighted by molar-refractivity contribution is 0.657. The van der Waals surface area contributed by atoms with Gasteiger partial charge in [-0.3, -0.25) is 0 Å². The van der Waals surface area contributed by atoms with Gasteiger partial charge in [-0.15, -0.1) is 23.7 Å². The van der Waals surface area contributed by atoms with E-state index in [-0.39, 0.29) is 12.4 Å². The Labute approximate surface area is 93.5 Å². The van der Waals surface area contributed by atoms with Gasteiger partial charge in [0.1, 0.15) is 0 Å². The first-order chi connectivity index (χ1) is 6.45. The highest BCUT2D eigenvalue weighted by Gasteiger charge is 2.14. The molecule has 14 heavy (non-hydrogen) atoms. The van der Waals surface area contributed by atoms with Crippen molar-refractivity contribution in [3.8, 4) is 0 Å². The second kappa shape index (κ2) is 3.89. The summed E-state index contributed by atoms with van der Waals surface area (Å²) in [6.45, 7) is 2.20. The summed E-state index contributed by atoms with van der Waals surface area (Å²) < 4.78 is 1.44. The summed E-state index contributed by atoms with van der Waals surface area (Å²) in [7, 11) is 0. The Balaban J connectivity index is 0.000000750. The highest BCUT2D eigenvalue weighted by molar-refractivity contribution is 7.19. The largest absolute Gasteiger partial charge is 0.312 e. The first-order valence-electron chi connectivity index (χ1n) is 4.65. The van der Waals surface area contributed by atoms with Crippen LogP contribution in [0.15, 0.2) is 24.3 Å². The van der Waals surface area contributed by atoms with E-state index < -0.39 is 0 Å². The van der Waals surface area contributed by atoms with Crippen LogP contribution in [-0.4, -0.2) is 6.54 Å². The highest BCUT2D eigenvalue weighted by atomic mass is 35.5.